The quantitative estimate of drug-likeness (QED) is 0.318. The Bertz CT molecular complexity index is 1360. The largest absolute Gasteiger partial charge is 0.495 e. The third-order valence-corrected chi connectivity index (χ3v) is 5.85. The zero-order valence-electron chi connectivity index (χ0n) is 20.8. The lowest BCUT2D eigenvalue weighted by atomic mass is 10.0. The van der Waals surface area contributed by atoms with Crippen molar-refractivity contribution >= 4 is 40.0 Å². The van der Waals surface area contributed by atoms with Gasteiger partial charge >= 0.3 is 0 Å². The molecule has 1 aromatic heterocycles. The number of aliphatic hydroxyl groups is 1. The molecular formula is C27H29F2N5O3. The van der Waals surface area contributed by atoms with Gasteiger partial charge in [-0.1, -0.05) is 12.1 Å². The Labute approximate surface area is 213 Å². The number of hydrogen-bond acceptors (Lipinski definition) is 7. The molecule has 0 aliphatic carbocycles. The minimum Gasteiger partial charge on any atom is -0.495 e. The van der Waals surface area contributed by atoms with Crippen LogP contribution >= 0.6 is 0 Å². The highest BCUT2D eigenvalue weighted by molar-refractivity contribution is 6.09. The van der Waals surface area contributed by atoms with Crippen molar-refractivity contribution in [1.82, 2.24) is 15.2 Å². The maximum atomic E-state index is 13.2. The van der Waals surface area contributed by atoms with Gasteiger partial charge in [0.05, 0.1) is 31.5 Å². The van der Waals surface area contributed by atoms with Gasteiger partial charge in [0, 0.05) is 41.7 Å². The molecule has 0 unspecified atom stereocenters. The van der Waals surface area contributed by atoms with Crippen LogP contribution in [0.25, 0.3) is 16.3 Å². The Morgan fingerprint density at radius 3 is 2.57 bits per heavy atom. The van der Waals surface area contributed by atoms with Crippen LogP contribution in [0.1, 0.15) is 29.8 Å². The summed E-state index contributed by atoms with van der Waals surface area (Å²) in [5.41, 5.74) is 1.42. The number of alkyl halides is 2. The summed E-state index contributed by atoms with van der Waals surface area (Å²) >= 11 is 0. The number of hydrogen-bond donors (Lipinski definition) is 4. The predicted molar refractivity (Wildman–Crippen MR) is 140 cm³/mol. The van der Waals surface area contributed by atoms with Crippen molar-refractivity contribution in [1.29, 1.82) is 5.41 Å². The van der Waals surface area contributed by atoms with Gasteiger partial charge in [0.1, 0.15) is 11.6 Å². The van der Waals surface area contributed by atoms with E-state index in [1.165, 1.54) is 19.4 Å². The summed E-state index contributed by atoms with van der Waals surface area (Å²) < 4.78 is 31.7. The van der Waals surface area contributed by atoms with Crippen molar-refractivity contribution in [2.24, 2.45) is 0 Å². The summed E-state index contributed by atoms with van der Waals surface area (Å²) in [5, 5.41) is 25.7. The number of methoxy groups -OCH3 is 1. The molecule has 10 heteroatoms. The van der Waals surface area contributed by atoms with Gasteiger partial charge in [-0.3, -0.25) is 4.79 Å². The molecule has 1 fully saturated rings. The lowest BCUT2D eigenvalue weighted by Gasteiger charge is -2.38. The maximum absolute atomic E-state index is 13.2. The lowest BCUT2D eigenvalue weighted by molar-refractivity contribution is -0.113. The number of halogens is 2. The number of allylic oxidation sites excluding steroid dienone is 1. The zero-order chi connectivity index (χ0) is 26.8. The van der Waals surface area contributed by atoms with Crippen LogP contribution in [0.15, 0.2) is 54.9 Å². The van der Waals surface area contributed by atoms with Crippen LogP contribution in [-0.2, 0) is 0 Å². The fraction of sp³-hybridized carbons (Fsp3) is 0.296. The summed E-state index contributed by atoms with van der Waals surface area (Å²) in [7, 11) is 1.46. The van der Waals surface area contributed by atoms with Crippen molar-refractivity contribution in [3.8, 4) is 5.75 Å². The van der Waals surface area contributed by atoms with Crippen LogP contribution in [-0.4, -0.2) is 65.4 Å². The van der Waals surface area contributed by atoms with E-state index in [0.29, 0.717) is 29.4 Å². The summed E-state index contributed by atoms with van der Waals surface area (Å²) in [5.74, 6) is -2.39. The van der Waals surface area contributed by atoms with Gasteiger partial charge < -0.3 is 30.8 Å². The molecule has 4 rings (SSSR count). The number of carbonyl (C=O) groups excluding carboxylic acids is 1. The molecule has 0 atom stereocenters. The van der Waals surface area contributed by atoms with Gasteiger partial charge in [0.25, 0.3) is 11.8 Å². The molecule has 1 amide bonds. The Balaban J connectivity index is 1.54. The SMILES string of the molecule is COc1cc(C(=O)N2CC(F)(F)C2)ccc1Nc1cc2cc(/C(C=N)=C/NCC(C)(C)O)ccc2cn1. The highest BCUT2D eigenvalue weighted by Crippen LogP contribution is 2.32. The summed E-state index contributed by atoms with van der Waals surface area (Å²) in [6.45, 7) is 2.57. The first-order valence-electron chi connectivity index (χ1n) is 11.7. The Kier molecular flexibility index (Phi) is 7.13. The number of nitrogens with zero attached hydrogens (tertiary/aromatic N) is 2. The van der Waals surface area contributed by atoms with E-state index in [1.807, 2.05) is 24.3 Å². The first kappa shape index (κ1) is 26.0. The Hall–Kier alpha value is -4.05. The third-order valence-electron chi connectivity index (χ3n) is 5.85. The van der Waals surface area contributed by atoms with Gasteiger partial charge in [-0.2, -0.15) is 0 Å². The number of anilines is 2. The average molecular weight is 510 g/mol. The first-order valence-corrected chi connectivity index (χ1v) is 11.7. The fourth-order valence-corrected chi connectivity index (χ4v) is 3.91. The van der Waals surface area contributed by atoms with Gasteiger partial charge in [-0.25, -0.2) is 13.8 Å². The molecule has 2 aromatic carbocycles. The molecule has 1 aliphatic rings. The average Bonchev–Trinajstić information content (AvgIpc) is 2.84. The van der Waals surface area contributed by atoms with E-state index in [2.05, 4.69) is 15.6 Å². The van der Waals surface area contributed by atoms with Crippen molar-refractivity contribution in [2.75, 3.05) is 32.1 Å². The molecule has 1 saturated heterocycles. The lowest BCUT2D eigenvalue weighted by Crippen LogP contribution is -2.58. The number of amides is 1. The molecule has 0 bridgehead atoms. The second-order valence-electron chi connectivity index (χ2n) is 9.63. The van der Waals surface area contributed by atoms with E-state index in [-0.39, 0.29) is 5.56 Å². The van der Waals surface area contributed by atoms with Crippen molar-refractivity contribution in [3.05, 3.63) is 66.0 Å². The molecule has 194 valence electrons. The predicted octanol–water partition coefficient (Wildman–Crippen LogP) is 4.43. The third kappa shape index (κ3) is 6.21. The minimum atomic E-state index is -2.83. The van der Waals surface area contributed by atoms with Crippen LogP contribution in [0, 0.1) is 5.41 Å². The highest BCUT2D eigenvalue weighted by Gasteiger charge is 2.46. The van der Waals surface area contributed by atoms with Crippen LogP contribution in [0.5, 0.6) is 5.75 Å². The maximum Gasteiger partial charge on any atom is 0.282 e. The number of nitrogens with one attached hydrogen (secondary N) is 3. The van der Waals surface area contributed by atoms with Gasteiger partial charge in [-0.05, 0) is 55.1 Å². The van der Waals surface area contributed by atoms with Crippen molar-refractivity contribution in [3.63, 3.8) is 0 Å². The normalized spacial score (nSPS) is 15.2. The summed E-state index contributed by atoms with van der Waals surface area (Å²) in [6, 6.07) is 12.3. The van der Waals surface area contributed by atoms with E-state index in [4.69, 9.17) is 10.1 Å². The summed E-state index contributed by atoms with van der Waals surface area (Å²) in [4.78, 5) is 18.0. The van der Waals surface area contributed by atoms with Gasteiger partial charge in [0.15, 0.2) is 0 Å². The first-order chi connectivity index (χ1) is 17.5. The molecule has 37 heavy (non-hydrogen) atoms. The van der Waals surface area contributed by atoms with Crippen molar-refractivity contribution < 1.29 is 23.4 Å². The van der Waals surface area contributed by atoms with E-state index >= 15 is 0 Å². The van der Waals surface area contributed by atoms with Crippen LogP contribution in [0.4, 0.5) is 20.3 Å². The van der Waals surface area contributed by atoms with E-state index in [0.717, 1.165) is 21.2 Å². The van der Waals surface area contributed by atoms with Crippen molar-refractivity contribution in [2.45, 2.75) is 25.4 Å². The molecule has 2 heterocycles. The molecule has 0 spiro atoms. The van der Waals surface area contributed by atoms with E-state index < -0.39 is 30.5 Å². The smallest absolute Gasteiger partial charge is 0.282 e. The number of carbonyl (C=O) groups is 1. The molecule has 1 aliphatic heterocycles. The molecule has 4 N–H and O–H groups in total. The number of rotatable bonds is 9. The molecule has 3 aromatic rings. The monoisotopic (exact) mass is 509 g/mol. The standard InChI is InChI=1S/C27H29F2N5O3/c1-26(2,36)14-31-12-21(11-30)17-4-5-19-13-32-24(10-20(19)8-17)33-22-7-6-18(9-23(22)37-3)25(35)34-15-27(28,29)16-34/h4-13,30-31,36H,14-16H2,1-3H3,(H,32,33)/b21-12+,30-11?. The summed E-state index contributed by atoms with van der Waals surface area (Å²) in [6.07, 6.45) is 4.66. The number of benzene rings is 2. The second kappa shape index (κ2) is 10.1. The number of aromatic nitrogens is 1. The molecule has 8 nitrogen and oxygen atoms in total. The van der Waals surface area contributed by atoms with E-state index in [1.54, 1.807) is 38.4 Å². The number of likely N-dealkylation sites (tertiary alicyclic amines) is 1. The van der Waals surface area contributed by atoms with Gasteiger partial charge in [-0.15, -0.1) is 0 Å². The van der Waals surface area contributed by atoms with Crippen LogP contribution in [0.2, 0.25) is 0 Å². The molecule has 0 saturated carbocycles. The second-order valence-corrected chi connectivity index (χ2v) is 9.63. The Morgan fingerprint density at radius 2 is 1.92 bits per heavy atom. The van der Waals surface area contributed by atoms with Crippen LogP contribution in [0.3, 0.4) is 0 Å². The number of fused-ring (bicyclic) bond motifs is 1. The highest BCUT2D eigenvalue weighted by atomic mass is 19.3. The number of pyridine rings is 1. The molecule has 0 radical (unpaired) electrons. The van der Waals surface area contributed by atoms with E-state index in [9.17, 15) is 18.7 Å². The topological polar surface area (TPSA) is 111 Å². The Morgan fingerprint density at radius 1 is 1.19 bits per heavy atom. The number of ether oxygens (including phenoxy) is 1. The van der Waals surface area contributed by atoms with Gasteiger partial charge in [0.2, 0.25) is 0 Å². The van der Waals surface area contributed by atoms with Crippen LogP contribution < -0.4 is 15.4 Å². The minimum absolute atomic E-state index is 0.262. The zero-order valence-corrected chi connectivity index (χ0v) is 20.8. The molecular weight excluding hydrogens is 480 g/mol. The fourth-order valence-electron chi connectivity index (χ4n) is 3.91.